The van der Waals surface area contributed by atoms with Crippen molar-refractivity contribution in [2.45, 2.75) is 0 Å². The molecule has 0 saturated heterocycles. The molecule has 0 unspecified atom stereocenters. The fourth-order valence-electron chi connectivity index (χ4n) is 1.64. The number of ether oxygens (including phenoxy) is 2. The smallest absolute Gasteiger partial charge is 0.215 e. The summed E-state index contributed by atoms with van der Waals surface area (Å²) in [5, 5.41) is 0. The molecule has 0 fully saturated rings. The van der Waals surface area contributed by atoms with E-state index in [-0.39, 0.29) is 5.78 Å². The highest BCUT2D eigenvalue weighted by molar-refractivity contribution is 9.10. The van der Waals surface area contributed by atoms with Crippen LogP contribution in [0.15, 0.2) is 41.0 Å². The Balaban J connectivity index is 2.44. The van der Waals surface area contributed by atoms with E-state index in [9.17, 15) is 4.79 Å². The van der Waals surface area contributed by atoms with Gasteiger partial charge in [0.05, 0.1) is 19.8 Å². The van der Waals surface area contributed by atoms with Crippen LogP contribution in [0.1, 0.15) is 16.1 Å². The van der Waals surface area contributed by atoms with Crippen molar-refractivity contribution >= 4 is 21.7 Å². The number of carbonyl (C=O) groups is 1. The van der Waals surface area contributed by atoms with Crippen LogP contribution in [0.4, 0.5) is 0 Å². The molecule has 4 nitrogen and oxygen atoms in total. The first-order chi connectivity index (χ1) is 9.15. The van der Waals surface area contributed by atoms with Crippen LogP contribution in [0.5, 0.6) is 11.5 Å². The molecule has 19 heavy (non-hydrogen) atoms. The van der Waals surface area contributed by atoms with Gasteiger partial charge in [-0.05, 0) is 46.3 Å². The standard InChI is InChI=1S/C14H12BrNO3/c1-18-10-4-6-13(19-2)11(7-10)14(17)12-5-3-9(15)8-16-12/h3-8H,1-2H3. The maximum absolute atomic E-state index is 12.4. The van der Waals surface area contributed by atoms with Gasteiger partial charge in [0.2, 0.25) is 5.78 Å². The van der Waals surface area contributed by atoms with Crippen molar-refractivity contribution in [3.63, 3.8) is 0 Å². The van der Waals surface area contributed by atoms with Crippen molar-refractivity contribution in [1.29, 1.82) is 0 Å². The predicted molar refractivity (Wildman–Crippen MR) is 74.9 cm³/mol. The lowest BCUT2D eigenvalue weighted by molar-refractivity contribution is 0.103. The lowest BCUT2D eigenvalue weighted by atomic mass is 10.1. The summed E-state index contributed by atoms with van der Waals surface area (Å²) in [7, 11) is 3.07. The molecule has 0 bridgehead atoms. The molecule has 1 aromatic heterocycles. The van der Waals surface area contributed by atoms with E-state index in [0.29, 0.717) is 22.8 Å². The summed E-state index contributed by atoms with van der Waals surface area (Å²) in [6.07, 6.45) is 1.58. The van der Waals surface area contributed by atoms with E-state index in [1.165, 1.54) is 7.11 Å². The summed E-state index contributed by atoms with van der Waals surface area (Å²) >= 11 is 3.28. The van der Waals surface area contributed by atoms with Gasteiger partial charge in [0.1, 0.15) is 17.2 Å². The third-order valence-corrected chi connectivity index (χ3v) is 3.08. The zero-order valence-corrected chi connectivity index (χ0v) is 12.1. The highest BCUT2D eigenvalue weighted by Gasteiger charge is 2.16. The minimum atomic E-state index is -0.205. The minimum Gasteiger partial charge on any atom is -0.497 e. The number of pyridine rings is 1. The molecule has 2 rings (SSSR count). The third kappa shape index (κ3) is 2.93. The molecule has 0 N–H and O–H groups in total. The Kier molecular flexibility index (Phi) is 4.16. The Labute approximate surface area is 119 Å². The SMILES string of the molecule is COc1ccc(OC)c(C(=O)c2ccc(Br)cn2)c1. The number of methoxy groups -OCH3 is 2. The van der Waals surface area contributed by atoms with Crippen LogP contribution in [-0.4, -0.2) is 25.0 Å². The molecule has 98 valence electrons. The number of nitrogens with zero attached hydrogens (tertiary/aromatic N) is 1. The third-order valence-electron chi connectivity index (χ3n) is 2.61. The molecule has 0 amide bonds. The van der Waals surface area contributed by atoms with E-state index in [1.54, 1.807) is 43.6 Å². The van der Waals surface area contributed by atoms with E-state index >= 15 is 0 Å². The van der Waals surface area contributed by atoms with Crippen molar-refractivity contribution in [2.75, 3.05) is 14.2 Å². The lowest BCUT2D eigenvalue weighted by Gasteiger charge is -2.09. The van der Waals surface area contributed by atoms with Gasteiger partial charge in [0, 0.05) is 10.7 Å². The molecule has 0 aliphatic heterocycles. The van der Waals surface area contributed by atoms with Gasteiger partial charge in [-0.15, -0.1) is 0 Å². The second kappa shape index (κ2) is 5.84. The Morgan fingerprint density at radius 3 is 2.53 bits per heavy atom. The molecule has 0 atom stereocenters. The molecule has 1 aromatic carbocycles. The van der Waals surface area contributed by atoms with E-state index < -0.39 is 0 Å². The molecule has 0 aliphatic carbocycles. The summed E-state index contributed by atoms with van der Waals surface area (Å²) in [4.78, 5) is 16.5. The Morgan fingerprint density at radius 1 is 1.16 bits per heavy atom. The zero-order valence-electron chi connectivity index (χ0n) is 10.5. The van der Waals surface area contributed by atoms with E-state index in [2.05, 4.69) is 20.9 Å². The van der Waals surface area contributed by atoms with Crippen molar-refractivity contribution in [3.8, 4) is 11.5 Å². The Morgan fingerprint density at radius 2 is 1.95 bits per heavy atom. The summed E-state index contributed by atoms with van der Waals surface area (Å²) in [6.45, 7) is 0. The van der Waals surface area contributed by atoms with E-state index in [4.69, 9.17) is 9.47 Å². The van der Waals surface area contributed by atoms with Gasteiger partial charge >= 0.3 is 0 Å². The quantitative estimate of drug-likeness (QED) is 0.812. The minimum absolute atomic E-state index is 0.205. The zero-order chi connectivity index (χ0) is 13.8. The summed E-state index contributed by atoms with van der Waals surface area (Å²) in [5.41, 5.74) is 0.784. The maximum atomic E-state index is 12.4. The molecule has 5 heteroatoms. The molecule has 0 radical (unpaired) electrons. The average Bonchev–Trinajstić information content (AvgIpc) is 2.46. The number of halogens is 1. The summed E-state index contributed by atoms with van der Waals surface area (Å²) in [5.74, 6) is 0.889. The monoisotopic (exact) mass is 321 g/mol. The number of rotatable bonds is 4. The first kappa shape index (κ1) is 13.5. The molecule has 0 saturated carbocycles. The largest absolute Gasteiger partial charge is 0.497 e. The molecular weight excluding hydrogens is 310 g/mol. The highest BCUT2D eigenvalue weighted by atomic mass is 79.9. The summed E-state index contributed by atoms with van der Waals surface area (Å²) < 4.78 is 11.1. The fraction of sp³-hybridized carbons (Fsp3) is 0.143. The normalized spacial score (nSPS) is 10.1. The molecular formula is C14H12BrNO3. The van der Waals surface area contributed by atoms with Gasteiger partial charge in [0.15, 0.2) is 0 Å². The van der Waals surface area contributed by atoms with Gasteiger partial charge in [0.25, 0.3) is 0 Å². The fourth-order valence-corrected chi connectivity index (χ4v) is 1.87. The predicted octanol–water partition coefficient (Wildman–Crippen LogP) is 3.09. The number of benzene rings is 1. The van der Waals surface area contributed by atoms with E-state index in [1.807, 2.05) is 0 Å². The van der Waals surface area contributed by atoms with Gasteiger partial charge in [-0.25, -0.2) is 0 Å². The van der Waals surface area contributed by atoms with Crippen molar-refractivity contribution in [3.05, 3.63) is 52.3 Å². The average molecular weight is 322 g/mol. The first-order valence-corrected chi connectivity index (χ1v) is 6.33. The second-order valence-electron chi connectivity index (χ2n) is 3.76. The first-order valence-electron chi connectivity index (χ1n) is 5.54. The molecule has 1 heterocycles. The number of ketones is 1. The van der Waals surface area contributed by atoms with Gasteiger partial charge < -0.3 is 9.47 Å². The van der Waals surface area contributed by atoms with Crippen LogP contribution in [0, 0.1) is 0 Å². The van der Waals surface area contributed by atoms with Gasteiger partial charge in [-0.1, -0.05) is 0 Å². The highest BCUT2D eigenvalue weighted by Crippen LogP contribution is 2.26. The van der Waals surface area contributed by atoms with Gasteiger partial charge in [-0.2, -0.15) is 0 Å². The van der Waals surface area contributed by atoms with Crippen molar-refractivity contribution < 1.29 is 14.3 Å². The topological polar surface area (TPSA) is 48.4 Å². The van der Waals surface area contributed by atoms with Crippen molar-refractivity contribution in [2.24, 2.45) is 0 Å². The van der Waals surface area contributed by atoms with Crippen LogP contribution in [-0.2, 0) is 0 Å². The van der Waals surface area contributed by atoms with Crippen LogP contribution < -0.4 is 9.47 Å². The number of hydrogen-bond donors (Lipinski definition) is 0. The maximum Gasteiger partial charge on any atom is 0.215 e. The van der Waals surface area contributed by atoms with Crippen LogP contribution in [0.3, 0.4) is 0 Å². The molecule has 2 aromatic rings. The molecule has 0 spiro atoms. The molecule has 0 aliphatic rings. The van der Waals surface area contributed by atoms with Crippen LogP contribution >= 0.6 is 15.9 Å². The number of carbonyl (C=O) groups excluding carboxylic acids is 1. The van der Waals surface area contributed by atoms with Crippen LogP contribution in [0.25, 0.3) is 0 Å². The number of aromatic nitrogens is 1. The second-order valence-corrected chi connectivity index (χ2v) is 4.67. The number of hydrogen-bond acceptors (Lipinski definition) is 4. The Hall–Kier alpha value is -1.88. The summed E-state index contributed by atoms with van der Waals surface area (Å²) in [6, 6.07) is 8.51. The van der Waals surface area contributed by atoms with E-state index in [0.717, 1.165) is 4.47 Å². The van der Waals surface area contributed by atoms with Gasteiger partial charge in [-0.3, -0.25) is 9.78 Å². The van der Waals surface area contributed by atoms with Crippen LogP contribution in [0.2, 0.25) is 0 Å². The Bertz CT molecular complexity index is 596. The lowest BCUT2D eigenvalue weighted by Crippen LogP contribution is -2.06. The van der Waals surface area contributed by atoms with Crippen molar-refractivity contribution in [1.82, 2.24) is 4.98 Å².